The van der Waals surface area contributed by atoms with E-state index < -0.39 is 0 Å². The summed E-state index contributed by atoms with van der Waals surface area (Å²) in [5.41, 5.74) is 6.92. The Balaban J connectivity index is 2.29. The van der Waals surface area contributed by atoms with Crippen LogP contribution in [0, 0.1) is 20.8 Å². The van der Waals surface area contributed by atoms with Gasteiger partial charge in [0.1, 0.15) is 0 Å². The van der Waals surface area contributed by atoms with Gasteiger partial charge in [0.15, 0.2) is 0 Å². The van der Waals surface area contributed by atoms with Gasteiger partial charge in [0, 0.05) is 25.0 Å². The second-order valence-electron chi connectivity index (χ2n) is 4.95. The molecule has 0 bridgehead atoms. The minimum absolute atomic E-state index is 0.936. The summed E-state index contributed by atoms with van der Waals surface area (Å²) in [7, 11) is 1.99. The van der Waals surface area contributed by atoms with E-state index in [4.69, 9.17) is 0 Å². The monoisotopic (exact) mass is 242 g/mol. The summed E-state index contributed by atoms with van der Waals surface area (Å²) >= 11 is 0. The van der Waals surface area contributed by atoms with Crippen molar-refractivity contribution in [2.45, 2.75) is 33.9 Å². The number of aromatic nitrogens is 1. The van der Waals surface area contributed by atoms with E-state index in [-0.39, 0.29) is 0 Å². The summed E-state index contributed by atoms with van der Waals surface area (Å²) in [5.74, 6) is 0. The third kappa shape index (κ3) is 2.49. The molecule has 2 aromatic rings. The number of benzene rings is 1. The molecule has 0 aliphatic rings. The van der Waals surface area contributed by atoms with Crippen molar-refractivity contribution in [3.63, 3.8) is 0 Å². The Morgan fingerprint density at radius 3 is 2.33 bits per heavy atom. The third-order valence-electron chi connectivity index (χ3n) is 3.69. The first-order chi connectivity index (χ1) is 8.63. The maximum Gasteiger partial charge on any atom is 0.0478 e. The number of nitrogens with one attached hydrogen (secondary N) is 1. The fourth-order valence-corrected chi connectivity index (χ4v) is 2.41. The van der Waals surface area contributed by atoms with Gasteiger partial charge in [0.2, 0.25) is 0 Å². The zero-order valence-corrected chi connectivity index (χ0v) is 11.7. The van der Waals surface area contributed by atoms with Crippen molar-refractivity contribution < 1.29 is 0 Å². The van der Waals surface area contributed by atoms with E-state index in [0.29, 0.717) is 0 Å². The van der Waals surface area contributed by atoms with E-state index in [0.717, 1.165) is 13.1 Å². The Morgan fingerprint density at radius 1 is 1.06 bits per heavy atom. The van der Waals surface area contributed by atoms with Crippen LogP contribution in [0.3, 0.4) is 0 Å². The highest BCUT2D eigenvalue weighted by atomic mass is 15.0. The van der Waals surface area contributed by atoms with E-state index >= 15 is 0 Å². The number of rotatable bonds is 4. The van der Waals surface area contributed by atoms with Crippen molar-refractivity contribution in [3.05, 3.63) is 58.4 Å². The smallest absolute Gasteiger partial charge is 0.0478 e. The number of aryl methyl sites for hydroxylation is 2. The van der Waals surface area contributed by atoms with Crippen LogP contribution in [-0.4, -0.2) is 11.6 Å². The number of hydrogen-bond donors (Lipinski definition) is 1. The molecular weight excluding hydrogens is 220 g/mol. The maximum atomic E-state index is 3.21. The Hall–Kier alpha value is -1.54. The lowest BCUT2D eigenvalue weighted by Gasteiger charge is -2.13. The van der Waals surface area contributed by atoms with Crippen LogP contribution < -0.4 is 5.32 Å². The molecule has 0 unspecified atom stereocenters. The van der Waals surface area contributed by atoms with Crippen molar-refractivity contribution in [1.82, 2.24) is 9.88 Å². The third-order valence-corrected chi connectivity index (χ3v) is 3.69. The Morgan fingerprint density at radius 2 is 1.72 bits per heavy atom. The maximum absolute atomic E-state index is 3.21. The van der Waals surface area contributed by atoms with Gasteiger partial charge in [-0.15, -0.1) is 0 Å². The summed E-state index contributed by atoms with van der Waals surface area (Å²) < 4.78 is 2.34. The first-order valence-corrected chi connectivity index (χ1v) is 6.47. The van der Waals surface area contributed by atoms with Crippen LogP contribution >= 0.6 is 0 Å². The van der Waals surface area contributed by atoms with Crippen LogP contribution in [0.5, 0.6) is 0 Å². The van der Waals surface area contributed by atoms with Gasteiger partial charge in [0.05, 0.1) is 0 Å². The molecule has 18 heavy (non-hydrogen) atoms. The van der Waals surface area contributed by atoms with E-state index in [2.05, 4.69) is 61.1 Å². The lowest BCUT2D eigenvalue weighted by Crippen LogP contribution is -2.08. The van der Waals surface area contributed by atoms with Crippen molar-refractivity contribution in [1.29, 1.82) is 0 Å². The Labute approximate surface area is 110 Å². The van der Waals surface area contributed by atoms with Crippen LogP contribution in [0.2, 0.25) is 0 Å². The number of hydrogen-bond acceptors (Lipinski definition) is 1. The van der Waals surface area contributed by atoms with E-state index in [1.54, 1.807) is 0 Å². The molecule has 2 nitrogen and oxygen atoms in total. The molecule has 2 heteroatoms. The highest BCUT2D eigenvalue weighted by Gasteiger charge is 2.07. The SMILES string of the molecule is CNCc1ccn(Cc2c(C)cccc2C)c1C. The van der Waals surface area contributed by atoms with Gasteiger partial charge in [-0.2, -0.15) is 0 Å². The molecule has 0 fully saturated rings. The van der Waals surface area contributed by atoms with Gasteiger partial charge in [-0.3, -0.25) is 0 Å². The van der Waals surface area contributed by atoms with Crippen LogP contribution in [-0.2, 0) is 13.1 Å². The Kier molecular flexibility index (Phi) is 3.87. The summed E-state index contributed by atoms with van der Waals surface area (Å²) in [6.07, 6.45) is 2.19. The summed E-state index contributed by atoms with van der Waals surface area (Å²) in [6.45, 7) is 8.48. The molecule has 1 aromatic carbocycles. The molecule has 0 saturated carbocycles. The fourth-order valence-electron chi connectivity index (χ4n) is 2.41. The molecule has 0 amide bonds. The van der Waals surface area contributed by atoms with Gasteiger partial charge in [-0.1, -0.05) is 18.2 Å². The number of nitrogens with zero attached hydrogens (tertiary/aromatic N) is 1. The van der Waals surface area contributed by atoms with Crippen LogP contribution in [0.4, 0.5) is 0 Å². The van der Waals surface area contributed by atoms with Crippen LogP contribution in [0.25, 0.3) is 0 Å². The molecular formula is C16H22N2. The molecule has 0 aliphatic heterocycles. The van der Waals surface area contributed by atoms with Crippen LogP contribution in [0.15, 0.2) is 30.5 Å². The van der Waals surface area contributed by atoms with Crippen molar-refractivity contribution in [3.8, 4) is 0 Å². The van der Waals surface area contributed by atoms with Crippen molar-refractivity contribution >= 4 is 0 Å². The van der Waals surface area contributed by atoms with Crippen molar-refractivity contribution in [2.75, 3.05) is 7.05 Å². The zero-order valence-electron chi connectivity index (χ0n) is 11.7. The first-order valence-electron chi connectivity index (χ1n) is 6.47. The van der Waals surface area contributed by atoms with Gasteiger partial charge in [-0.25, -0.2) is 0 Å². The average molecular weight is 242 g/mol. The topological polar surface area (TPSA) is 17.0 Å². The molecule has 1 aromatic heterocycles. The first kappa shape index (κ1) is 12.9. The highest BCUT2D eigenvalue weighted by Crippen LogP contribution is 2.18. The lowest BCUT2D eigenvalue weighted by molar-refractivity contribution is 0.747. The zero-order chi connectivity index (χ0) is 13.1. The molecule has 2 rings (SSSR count). The van der Waals surface area contributed by atoms with Gasteiger partial charge >= 0.3 is 0 Å². The summed E-state index contributed by atoms with van der Waals surface area (Å²) in [5, 5.41) is 3.21. The molecule has 0 spiro atoms. The molecule has 1 N–H and O–H groups in total. The molecule has 0 saturated heterocycles. The standard InChI is InChI=1S/C16H22N2/c1-12-6-5-7-13(2)16(12)11-18-9-8-15(10-17-4)14(18)3/h5-9,17H,10-11H2,1-4H3. The minimum Gasteiger partial charge on any atom is -0.347 e. The van der Waals surface area contributed by atoms with E-state index in [1.165, 1.54) is 27.9 Å². The second-order valence-corrected chi connectivity index (χ2v) is 4.95. The normalized spacial score (nSPS) is 10.9. The molecule has 0 aliphatic carbocycles. The molecule has 0 atom stereocenters. The highest BCUT2D eigenvalue weighted by molar-refractivity contribution is 5.34. The minimum atomic E-state index is 0.936. The summed E-state index contributed by atoms with van der Waals surface area (Å²) in [6, 6.07) is 8.72. The molecule has 1 heterocycles. The fraction of sp³-hybridized carbons (Fsp3) is 0.375. The Bertz CT molecular complexity index is 518. The van der Waals surface area contributed by atoms with Gasteiger partial charge in [0.25, 0.3) is 0 Å². The lowest BCUT2D eigenvalue weighted by atomic mass is 10.0. The average Bonchev–Trinajstić information content (AvgIpc) is 2.67. The van der Waals surface area contributed by atoms with Crippen LogP contribution in [0.1, 0.15) is 27.9 Å². The molecule has 0 radical (unpaired) electrons. The van der Waals surface area contributed by atoms with E-state index in [9.17, 15) is 0 Å². The second kappa shape index (κ2) is 5.40. The predicted octanol–water partition coefficient (Wildman–Crippen LogP) is 3.18. The van der Waals surface area contributed by atoms with Gasteiger partial charge in [-0.05, 0) is 56.1 Å². The largest absolute Gasteiger partial charge is 0.347 e. The quantitative estimate of drug-likeness (QED) is 0.871. The summed E-state index contributed by atoms with van der Waals surface area (Å²) in [4.78, 5) is 0. The van der Waals surface area contributed by atoms with E-state index in [1.807, 2.05) is 7.05 Å². The molecule has 96 valence electrons. The van der Waals surface area contributed by atoms with Crippen molar-refractivity contribution in [2.24, 2.45) is 0 Å². The van der Waals surface area contributed by atoms with Gasteiger partial charge < -0.3 is 9.88 Å². The predicted molar refractivity (Wildman–Crippen MR) is 77.0 cm³/mol.